The van der Waals surface area contributed by atoms with Crippen LogP contribution in [0.5, 0.6) is 0 Å². The number of hydrogen-bond acceptors (Lipinski definition) is 2. The van der Waals surface area contributed by atoms with Crippen LogP contribution in [0.3, 0.4) is 0 Å². The molecule has 1 aromatic carbocycles. The van der Waals surface area contributed by atoms with Crippen molar-refractivity contribution in [1.29, 1.82) is 0 Å². The fraction of sp³-hybridized carbons (Fsp3) is 0.400. The molecule has 1 aromatic heterocycles. The Hall–Kier alpha value is -1.61. The molecular formula is C15H20N2O. The molecule has 1 N–H and O–H groups in total. The fourth-order valence-electron chi connectivity index (χ4n) is 2.19. The van der Waals surface area contributed by atoms with Gasteiger partial charge in [0.2, 0.25) is 0 Å². The van der Waals surface area contributed by atoms with Crippen LogP contribution in [-0.2, 0) is 13.5 Å². The van der Waals surface area contributed by atoms with Crippen molar-refractivity contribution in [3.05, 3.63) is 52.8 Å². The topological polar surface area (TPSA) is 38.1 Å². The number of aliphatic hydroxyl groups excluding tert-OH is 1. The normalized spacial score (nSPS) is 12.7. The Bertz CT molecular complexity index is 531. The van der Waals surface area contributed by atoms with Gasteiger partial charge in [-0.1, -0.05) is 18.2 Å². The minimum absolute atomic E-state index is 0.398. The first-order valence-electron chi connectivity index (χ1n) is 6.29. The van der Waals surface area contributed by atoms with Gasteiger partial charge in [-0.3, -0.25) is 4.68 Å². The van der Waals surface area contributed by atoms with Crippen LogP contribution in [0.25, 0.3) is 0 Å². The van der Waals surface area contributed by atoms with E-state index in [1.54, 1.807) is 4.68 Å². The van der Waals surface area contributed by atoms with Gasteiger partial charge < -0.3 is 5.11 Å². The fourth-order valence-corrected chi connectivity index (χ4v) is 2.19. The Morgan fingerprint density at radius 3 is 2.78 bits per heavy atom. The first kappa shape index (κ1) is 12.8. The lowest BCUT2D eigenvalue weighted by Gasteiger charge is -2.14. The van der Waals surface area contributed by atoms with Crippen LogP contribution in [0.2, 0.25) is 0 Å². The lowest BCUT2D eigenvalue weighted by molar-refractivity contribution is 0.167. The van der Waals surface area contributed by atoms with Gasteiger partial charge in [-0.05, 0) is 48.9 Å². The van der Waals surface area contributed by atoms with Crippen LogP contribution >= 0.6 is 0 Å². The third-order valence-corrected chi connectivity index (χ3v) is 3.47. The molecule has 1 unspecified atom stereocenters. The first-order chi connectivity index (χ1) is 8.58. The van der Waals surface area contributed by atoms with E-state index in [4.69, 9.17) is 0 Å². The molecule has 2 rings (SSSR count). The standard InChI is InChI=1S/C15H20N2O/c1-11-5-4-6-14(12(11)2)15(18)8-7-13-9-16-17(3)10-13/h4-6,9-10,15,18H,7-8H2,1-3H3. The molecule has 0 amide bonds. The molecule has 0 saturated carbocycles. The second kappa shape index (κ2) is 5.36. The predicted octanol–water partition coefficient (Wildman–Crippen LogP) is 2.70. The predicted molar refractivity (Wildman–Crippen MR) is 72.4 cm³/mol. The van der Waals surface area contributed by atoms with Gasteiger partial charge >= 0.3 is 0 Å². The zero-order valence-corrected chi connectivity index (χ0v) is 11.2. The lowest BCUT2D eigenvalue weighted by atomic mass is 9.96. The molecule has 1 heterocycles. The average molecular weight is 244 g/mol. The van der Waals surface area contributed by atoms with Gasteiger partial charge in [0.25, 0.3) is 0 Å². The van der Waals surface area contributed by atoms with Crippen LogP contribution in [0.4, 0.5) is 0 Å². The molecule has 0 fully saturated rings. The van der Waals surface area contributed by atoms with Crippen LogP contribution in [-0.4, -0.2) is 14.9 Å². The molecule has 1 atom stereocenters. The summed E-state index contributed by atoms with van der Waals surface area (Å²) < 4.78 is 1.79. The Morgan fingerprint density at radius 2 is 2.11 bits per heavy atom. The van der Waals surface area contributed by atoms with E-state index in [9.17, 15) is 5.11 Å². The second-order valence-electron chi connectivity index (χ2n) is 4.87. The number of aliphatic hydroxyl groups is 1. The van der Waals surface area contributed by atoms with Gasteiger partial charge in [-0.25, -0.2) is 0 Å². The maximum absolute atomic E-state index is 10.3. The molecule has 0 saturated heterocycles. The molecular weight excluding hydrogens is 224 g/mol. The molecule has 0 radical (unpaired) electrons. The second-order valence-corrected chi connectivity index (χ2v) is 4.87. The number of benzene rings is 1. The summed E-state index contributed by atoms with van der Waals surface area (Å²) >= 11 is 0. The smallest absolute Gasteiger partial charge is 0.0795 e. The molecule has 96 valence electrons. The number of aryl methyl sites for hydroxylation is 3. The van der Waals surface area contributed by atoms with E-state index in [-0.39, 0.29) is 0 Å². The average Bonchev–Trinajstić information content (AvgIpc) is 2.76. The van der Waals surface area contributed by atoms with Gasteiger partial charge in [0, 0.05) is 13.2 Å². The molecule has 3 nitrogen and oxygen atoms in total. The third-order valence-electron chi connectivity index (χ3n) is 3.47. The van der Waals surface area contributed by atoms with Gasteiger partial charge in [0.05, 0.1) is 12.3 Å². The first-order valence-corrected chi connectivity index (χ1v) is 6.29. The largest absolute Gasteiger partial charge is 0.388 e. The minimum Gasteiger partial charge on any atom is -0.388 e. The Balaban J connectivity index is 2.03. The summed E-state index contributed by atoms with van der Waals surface area (Å²) in [5, 5.41) is 14.4. The molecule has 2 aromatic rings. The van der Waals surface area contributed by atoms with Crippen molar-refractivity contribution >= 4 is 0 Å². The van der Waals surface area contributed by atoms with E-state index >= 15 is 0 Å². The maximum atomic E-state index is 10.3. The Morgan fingerprint density at radius 1 is 1.33 bits per heavy atom. The maximum Gasteiger partial charge on any atom is 0.0795 e. The van der Waals surface area contributed by atoms with Crippen molar-refractivity contribution in [1.82, 2.24) is 9.78 Å². The van der Waals surface area contributed by atoms with Crippen LogP contribution in [0.15, 0.2) is 30.6 Å². The van der Waals surface area contributed by atoms with Crippen LogP contribution < -0.4 is 0 Å². The molecule has 0 spiro atoms. The van der Waals surface area contributed by atoms with E-state index in [0.717, 1.165) is 18.4 Å². The minimum atomic E-state index is -0.398. The van der Waals surface area contributed by atoms with Gasteiger partial charge in [-0.15, -0.1) is 0 Å². The lowest BCUT2D eigenvalue weighted by Crippen LogP contribution is -2.02. The van der Waals surface area contributed by atoms with Crippen molar-refractivity contribution < 1.29 is 5.11 Å². The van der Waals surface area contributed by atoms with Crippen molar-refractivity contribution in [2.45, 2.75) is 32.8 Å². The highest BCUT2D eigenvalue weighted by Gasteiger charge is 2.11. The van der Waals surface area contributed by atoms with Crippen LogP contribution in [0, 0.1) is 13.8 Å². The van der Waals surface area contributed by atoms with Crippen LogP contribution in [0.1, 0.15) is 34.8 Å². The number of nitrogens with zero attached hydrogens (tertiary/aromatic N) is 2. The monoisotopic (exact) mass is 244 g/mol. The quantitative estimate of drug-likeness (QED) is 0.898. The SMILES string of the molecule is Cc1cccc(C(O)CCc2cnn(C)c2)c1C. The van der Waals surface area contributed by atoms with E-state index in [1.807, 2.05) is 31.6 Å². The van der Waals surface area contributed by atoms with Crippen molar-refractivity contribution in [3.8, 4) is 0 Å². The summed E-state index contributed by atoms with van der Waals surface area (Å²) in [6.45, 7) is 4.14. The molecule has 0 bridgehead atoms. The summed E-state index contributed by atoms with van der Waals surface area (Å²) in [7, 11) is 1.91. The van der Waals surface area contributed by atoms with E-state index in [2.05, 4.69) is 25.0 Å². The molecule has 0 aliphatic carbocycles. The summed E-state index contributed by atoms with van der Waals surface area (Å²) in [6.07, 6.45) is 5.04. The van der Waals surface area contributed by atoms with E-state index in [1.165, 1.54) is 16.7 Å². The van der Waals surface area contributed by atoms with E-state index in [0.29, 0.717) is 0 Å². The summed E-state index contributed by atoms with van der Waals surface area (Å²) in [5.41, 5.74) is 4.63. The molecule has 0 aliphatic rings. The highest BCUT2D eigenvalue weighted by molar-refractivity contribution is 5.34. The van der Waals surface area contributed by atoms with Gasteiger partial charge in [-0.2, -0.15) is 5.10 Å². The van der Waals surface area contributed by atoms with Crippen molar-refractivity contribution in [3.63, 3.8) is 0 Å². The van der Waals surface area contributed by atoms with Gasteiger partial charge in [0.1, 0.15) is 0 Å². The van der Waals surface area contributed by atoms with Crippen molar-refractivity contribution in [2.75, 3.05) is 0 Å². The zero-order valence-electron chi connectivity index (χ0n) is 11.2. The number of aromatic nitrogens is 2. The van der Waals surface area contributed by atoms with Crippen molar-refractivity contribution in [2.24, 2.45) is 7.05 Å². The summed E-state index contributed by atoms with van der Waals surface area (Å²) in [5.74, 6) is 0. The highest BCUT2D eigenvalue weighted by Crippen LogP contribution is 2.24. The third kappa shape index (κ3) is 2.79. The highest BCUT2D eigenvalue weighted by atomic mass is 16.3. The number of rotatable bonds is 4. The summed E-state index contributed by atoms with van der Waals surface area (Å²) in [4.78, 5) is 0. The Kier molecular flexibility index (Phi) is 3.82. The zero-order chi connectivity index (χ0) is 13.1. The Labute approximate surface area is 108 Å². The molecule has 0 aliphatic heterocycles. The number of hydrogen-bond donors (Lipinski definition) is 1. The molecule has 18 heavy (non-hydrogen) atoms. The summed E-state index contributed by atoms with van der Waals surface area (Å²) in [6, 6.07) is 6.09. The van der Waals surface area contributed by atoms with E-state index < -0.39 is 6.10 Å². The van der Waals surface area contributed by atoms with Gasteiger partial charge in [0.15, 0.2) is 0 Å². The molecule has 3 heteroatoms.